The zero-order valence-corrected chi connectivity index (χ0v) is 10.6. The molecule has 1 saturated heterocycles. The molecule has 1 unspecified atom stereocenters. The third-order valence-corrected chi connectivity index (χ3v) is 3.48. The van der Waals surface area contributed by atoms with Crippen molar-refractivity contribution in [1.82, 2.24) is 10.6 Å². The maximum absolute atomic E-state index is 11.8. The number of aliphatic carboxylic acids is 1. The second-order valence-electron chi connectivity index (χ2n) is 4.73. The Hall–Kier alpha value is -1.36. The summed E-state index contributed by atoms with van der Waals surface area (Å²) < 4.78 is 0. The number of nitrogens with one attached hydrogen (secondary N) is 2. The fourth-order valence-electron chi connectivity index (χ4n) is 1.44. The Labute approximate surface area is 101 Å². The van der Waals surface area contributed by atoms with Crippen molar-refractivity contribution in [2.45, 2.75) is 27.2 Å². The molecule has 1 fully saturated rings. The lowest BCUT2D eigenvalue weighted by Crippen LogP contribution is -2.42. The van der Waals surface area contributed by atoms with Crippen LogP contribution < -0.4 is 10.6 Å². The van der Waals surface area contributed by atoms with Crippen LogP contribution in [0.15, 0.2) is 11.1 Å². The van der Waals surface area contributed by atoms with E-state index < -0.39 is 11.4 Å². The largest absolute Gasteiger partial charge is 0.481 e. The molecule has 0 aromatic rings. The van der Waals surface area contributed by atoms with Gasteiger partial charge in [-0.25, -0.2) is 0 Å². The van der Waals surface area contributed by atoms with Crippen LogP contribution >= 0.6 is 0 Å². The molecule has 1 amide bonds. The zero-order chi connectivity index (χ0) is 13.1. The minimum atomic E-state index is -0.890. The van der Waals surface area contributed by atoms with Crippen LogP contribution in [0.4, 0.5) is 0 Å². The van der Waals surface area contributed by atoms with Crippen molar-refractivity contribution >= 4 is 11.9 Å². The normalized spacial score (nSPS) is 17.9. The van der Waals surface area contributed by atoms with E-state index in [1.807, 2.05) is 0 Å². The maximum Gasteiger partial charge on any atom is 0.311 e. The van der Waals surface area contributed by atoms with Gasteiger partial charge in [-0.05, 0) is 25.8 Å². The number of amides is 1. The predicted molar refractivity (Wildman–Crippen MR) is 64.6 cm³/mol. The molecule has 5 nitrogen and oxygen atoms in total. The van der Waals surface area contributed by atoms with E-state index in [0.717, 1.165) is 18.7 Å². The van der Waals surface area contributed by atoms with Gasteiger partial charge in [0.15, 0.2) is 0 Å². The van der Waals surface area contributed by atoms with Gasteiger partial charge in [0.2, 0.25) is 5.91 Å². The molecule has 0 radical (unpaired) electrons. The van der Waals surface area contributed by atoms with Gasteiger partial charge >= 0.3 is 5.97 Å². The van der Waals surface area contributed by atoms with Crippen molar-refractivity contribution in [2.75, 3.05) is 19.6 Å². The van der Waals surface area contributed by atoms with Crippen LogP contribution in [0.2, 0.25) is 0 Å². The van der Waals surface area contributed by atoms with Crippen LogP contribution in [-0.2, 0) is 9.59 Å². The van der Waals surface area contributed by atoms with Gasteiger partial charge in [-0.2, -0.15) is 0 Å². The Kier molecular flexibility index (Phi) is 4.28. The summed E-state index contributed by atoms with van der Waals surface area (Å²) in [6, 6.07) is 0. The van der Waals surface area contributed by atoms with Crippen LogP contribution in [0.25, 0.3) is 0 Å². The fourth-order valence-corrected chi connectivity index (χ4v) is 1.44. The lowest BCUT2D eigenvalue weighted by atomic mass is 9.87. The van der Waals surface area contributed by atoms with E-state index in [4.69, 9.17) is 5.11 Å². The fraction of sp³-hybridized carbons (Fsp3) is 0.667. The van der Waals surface area contributed by atoms with E-state index in [9.17, 15) is 9.59 Å². The summed E-state index contributed by atoms with van der Waals surface area (Å²) in [6.45, 7) is 6.89. The Bertz CT molecular complexity index is 357. The second-order valence-corrected chi connectivity index (χ2v) is 4.73. The lowest BCUT2D eigenvalue weighted by Gasteiger charge is -2.25. The zero-order valence-electron chi connectivity index (χ0n) is 10.6. The van der Waals surface area contributed by atoms with E-state index in [2.05, 4.69) is 10.6 Å². The third kappa shape index (κ3) is 3.06. The van der Waals surface area contributed by atoms with Crippen LogP contribution in [0, 0.1) is 5.41 Å². The number of carboxylic acids is 1. The van der Waals surface area contributed by atoms with E-state index in [1.165, 1.54) is 0 Å². The number of carboxylic acid groups (broad SMARTS) is 1. The van der Waals surface area contributed by atoms with Gasteiger partial charge in [0.25, 0.3) is 0 Å². The van der Waals surface area contributed by atoms with Crippen molar-refractivity contribution in [2.24, 2.45) is 5.41 Å². The standard InChI is InChI=1S/C12H20N2O3/c1-4-12(3,11(16)17)7-14-10(15)8(2)9-5-13-6-9/h13H,4-7H2,1-3H3,(H,14,15)(H,16,17). The summed E-state index contributed by atoms with van der Waals surface area (Å²) in [6.07, 6.45) is 0.486. The van der Waals surface area contributed by atoms with E-state index in [1.54, 1.807) is 20.8 Å². The minimum absolute atomic E-state index is 0.162. The summed E-state index contributed by atoms with van der Waals surface area (Å²) >= 11 is 0. The van der Waals surface area contributed by atoms with E-state index in [0.29, 0.717) is 12.0 Å². The first-order valence-electron chi connectivity index (χ1n) is 5.81. The molecule has 0 aromatic carbocycles. The molecular weight excluding hydrogens is 220 g/mol. The van der Waals surface area contributed by atoms with Crippen LogP contribution in [0.3, 0.4) is 0 Å². The van der Waals surface area contributed by atoms with Gasteiger partial charge in [0.05, 0.1) is 5.41 Å². The molecule has 5 heteroatoms. The molecule has 1 rings (SSSR count). The molecule has 1 aliphatic heterocycles. The van der Waals surface area contributed by atoms with Crippen molar-refractivity contribution in [3.8, 4) is 0 Å². The van der Waals surface area contributed by atoms with Gasteiger partial charge in [0, 0.05) is 25.2 Å². The third-order valence-electron chi connectivity index (χ3n) is 3.48. The number of hydrogen-bond donors (Lipinski definition) is 3. The van der Waals surface area contributed by atoms with Crippen LogP contribution in [0.1, 0.15) is 27.2 Å². The molecular formula is C12H20N2O3. The molecule has 96 valence electrons. The Morgan fingerprint density at radius 1 is 1.47 bits per heavy atom. The molecule has 3 N–H and O–H groups in total. The molecule has 0 saturated carbocycles. The molecule has 0 spiro atoms. The maximum atomic E-state index is 11.8. The van der Waals surface area contributed by atoms with Crippen LogP contribution in [-0.4, -0.2) is 36.6 Å². The van der Waals surface area contributed by atoms with E-state index in [-0.39, 0.29) is 12.5 Å². The van der Waals surface area contributed by atoms with Crippen LogP contribution in [0.5, 0.6) is 0 Å². The summed E-state index contributed by atoms with van der Waals surface area (Å²) in [5.41, 5.74) is 0.905. The molecule has 0 bridgehead atoms. The lowest BCUT2D eigenvalue weighted by molar-refractivity contribution is -0.148. The molecule has 1 aliphatic rings. The molecule has 1 atom stereocenters. The first-order valence-corrected chi connectivity index (χ1v) is 5.81. The van der Waals surface area contributed by atoms with Gasteiger partial charge in [0.1, 0.15) is 0 Å². The van der Waals surface area contributed by atoms with Gasteiger partial charge < -0.3 is 15.7 Å². The highest BCUT2D eigenvalue weighted by molar-refractivity contribution is 5.94. The number of carbonyl (C=O) groups is 2. The average Bonchev–Trinajstić information content (AvgIpc) is 2.22. The molecule has 0 aromatic heterocycles. The average molecular weight is 240 g/mol. The first-order chi connectivity index (χ1) is 7.90. The van der Waals surface area contributed by atoms with Crippen molar-refractivity contribution < 1.29 is 14.7 Å². The molecule has 1 heterocycles. The quantitative estimate of drug-likeness (QED) is 0.612. The van der Waals surface area contributed by atoms with E-state index >= 15 is 0 Å². The predicted octanol–water partition coefficient (Wildman–Crippen LogP) is 0.523. The van der Waals surface area contributed by atoms with Crippen molar-refractivity contribution in [3.05, 3.63) is 11.1 Å². The summed E-state index contributed by atoms with van der Waals surface area (Å²) in [4.78, 5) is 22.8. The highest BCUT2D eigenvalue weighted by Crippen LogP contribution is 2.20. The number of hydrogen-bond acceptors (Lipinski definition) is 3. The summed E-state index contributed by atoms with van der Waals surface area (Å²) in [7, 11) is 0. The number of carbonyl (C=O) groups excluding carboxylic acids is 1. The first kappa shape index (κ1) is 13.7. The Morgan fingerprint density at radius 3 is 2.41 bits per heavy atom. The minimum Gasteiger partial charge on any atom is -0.481 e. The molecule has 0 aliphatic carbocycles. The Morgan fingerprint density at radius 2 is 2.06 bits per heavy atom. The van der Waals surface area contributed by atoms with Crippen molar-refractivity contribution in [1.29, 1.82) is 0 Å². The summed E-state index contributed by atoms with van der Waals surface area (Å²) in [5.74, 6) is -1.04. The monoisotopic (exact) mass is 240 g/mol. The summed E-state index contributed by atoms with van der Waals surface area (Å²) in [5, 5.41) is 14.8. The second kappa shape index (κ2) is 5.31. The smallest absolute Gasteiger partial charge is 0.311 e. The van der Waals surface area contributed by atoms with Gasteiger partial charge in [-0.1, -0.05) is 6.92 Å². The highest BCUT2D eigenvalue weighted by Gasteiger charge is 2.31. The topological polar surface area (TPSA) is 78.4 Å². The Balaban J connectivity index is 2.56. The van der Waals surface area contributed by atoms with Crippen molar-refractivity contribution in [3.63, 3.8) is 0 Å². The number of rotatable bonds is 5. The SMILES string of the molecule is CCC(C)(CNC(=O)C(C)=C1CNC1)C(=O)O. The highest BCUT2D eigenvalue weighted by atomic mass is 16.4. The van der Waals surface area contributed by atoms with Gasteiger partial charge in [-0.3, -0.25) is 9.59 Å². The molecule has 17 heavy (non-hydrogen) atoms. The van der Waals surface area contributed by atoms with Gasteiger partial charge in [-0.15, -0.1) is 0 Å².